The normalized spacial score (nSPS) is 21.2. The Labute approximate surface area is 132 Å². The van der Waals surface area contributed by atoms with Crippen molar-refractivity contribution >= 4 is 37.5 Å². The summed E-state index contributed by atoms with van der Waals surface area (Å²) in [5, 5.41) is 14.1. The van der Waals surface area contributed by atoms with Crippen molar-refractivity contribution in [2.45, 2.75) is 8.42 Å². The molecule has 0 aliphatic carbocycles. The molecule has 1 aromatic rings. The molecule has 2 aliphatic heterocycles. The van der Waals surface area contributed by atoms with Gasteiger partial charge in [-0.1, -0.05) is 0 Å². The first-order valence-electron chi connectivity index (χ1n) is 6.46. The van der Waals surface area contributed by atoms with Crippen LogP contribution in [0.2, 0.25) is 0 Å². The van der Waals surface area contributed by atoms with Gasteiger partial charge >= 0.3 is 0 Å². The predicted molar refractivity (Wildman–Crippen MR) is 81.1 cm³/mol. The van der Waals surface area contributed by atoms with Gasteiger partial charge < -0.3 is 5.11 Å². The third-order valence-corrected chi connectivity index (χ3v) is 8.52. The van der Waals surface area contributed by atoms with Gasteiger partial charge in [0.15, 0.2) is 0 Å². The minimum absolute atomic E-state index is 0.000698. The van der Waals surface area contributed by atoms with Crippen LogP contribution in [0, 0.1) is 0 Å². The quantitative estimate of drug-likeness (QED) is 0.712. The zero-order chi connectivity index (χ0) is 16.1. The van der Waals surface area contributed by atoms with Crippen molar-refractivity contribution in [2.24, 2.45) is 5.14 Å². The first-order chi connectivity index (χ1) is 10.2. The smallest absolute Gasteiger partial charge is 0.274 e. The Morgan fingerprint density at radius 3 is 2.73 bits per heavy atom. The number of fused-ring (bicyclic) bond motifs is 2. The molecule has 22 heavy (non-hydrogen) atoms. The molecule has 0 unspecified atom stereocenters. The van der Waals surface area contributed by atoms with Crippen LogP contribution >= 0.6 is 11.3 Å². The molecule has 0 radical (unpaired) electrons. The summed E-state index contributed by atoms with van der Waals surface area (Å²) in [6, 6.07) is 1.29. The molecule has 0 atom stereocenters. The number of aliphatic hydroxyl groups is 1. The van der Waals surface area contributed by atoms with Crippen LogP contribution in [0.3, 0.4) is 0 Å². The molecule has 1 saturated heterocycles. The number of thiophene rings is 1. The second-order valence-corrected chi connectivity index (χ2v) is 9.96. The van der Waals surface area contributed by atoms with Crippen molar-refractivity contribution in [3.63, 3.8) is 0 Å². The lowest BCUT2D eigenvalue weighted by molar-refractivity contribution is 0.174. The number of aliphatic hydroxyl groups excluding tert-OH is 1. The average Bonchev–Trinajstić information content (AvgIpc) is 2.84. The zero-order valence-corrected chi connectivity index (χ0v) is 13.9. The molecule has 3 rings (SSSR count). The van der Waals surface area contributed by atoms with Gasteiger partial charge in [-0.2, -0.15) is 0 Å². The summed E-state index contributed by atoms with van der Waals surface area (Å²) < 4.78 is 49.3. The van der Waals surface area contributed by atoms with Crippen LogP contribution in [0.5, 0.6) is 0 Å². The van der Waals surface area contributed by atoms with E-state index in [1.165, 1.54) is 10.4 Å². The highest BCUT2D eigenvalue weighted by Gasteiger charge is 2.38. The second-order valence-electron chi connectivity index (χ2n) is 5.07. The van der Waals surface area contributed by atoms with Crippen LogP contribution in [0.15, 0.2) is 20.2 Å². The molecule has 1 aromatic heterocycles. The Morgan fingerprint density at radius 2 is 2.09 bits per heavy atom. The fourth-order valence-corrected chi connectivity index (χ4v) is 6.66. The number of rotatable bonds is 3. The van der Waals surface area contributed by atoms with Crippen molar-refractivity contribution in [2.75, 3.05) is 32.8 Å². The van der Waals surface area contributed by atoms with Crippen LogP contribution in [0.4, 0.5) is 0 Å². The minimum atomic E-state index is -3.94. The van der Waals surface area contributed by atoms with Gasteiger partial charge in [0, 0.05) is 37.4 Å². The van der Waals surface area contributed by atoms with E-state index >= 15 is 0 Å². The summed E-state index contributed by atoms with van der Waals surface area (Å²) >= 11 is 0.675. The molecule has 8 nitrogen and oxygen atoms in total. The van der Waals surface area contributed by atoms with Crippen molar-refractivity contribution in [3.05, 3.63) is 17.3 Å². The number of primary sulfonamides is 1. The lowest BCUT2D eigenvalue weighted by Crippen LogP contribution is -2.48. The number of hydrogen-bond acceptors (Lipinski definition) is 7. The molecule has 11 heteroatoms. The third kappa shape index (κ3) is 2.57. The Kier molecular flexibility index (Phi) is 3.82. The standard InChI is InChI=1S/C11H15N3O5S3/c12-21(16,17)10-6-8-5-9-7-13(3-4-15)1-2-14(9)22(18,19)11(8)20-10/h5-6,15H,1-4,7H2,(H2,12,16,17). The molecule has 3 heterocycles. The van der Waals surface area contributed by atoms with Crippen LogP contribution in [0.1, 0.15) is 5.56 Å². The number of sulfonamides is 2. The van der Waals surface area contributed by atoms with E-state index in [0.29, 0.717) is 42.2 Å². The van der Waals surface area contributed by atoms with E-state index < -0.39 is 20.0 Å². The molecule has 3 N–H and O–H groups in total. The number of β-amino-alcohol motifs (C(OH)–C–C–N with tert-alkyl or cyclic N) is 1. The maximum absolute atomic E-state index is 12.6. The Morgan fingerprint density at radius 1 is 1.36 bits per heavy atom. The summed E-state index contributed by atoms with van der Waals surface area (Å²) in [6.07, 6.45) is 1.67. The number of piperazine rings is 1. The van der Waals surface area contributed by atoms with E-state index in [0.717, 1.165) is 0 Å². The fraction of sp³-hybridized carbons (Fsp3) is 0.455. The lowest BCUT2D eigenvalue weighted by Gasteiger charge is -2.38. The Balaban J connectivity index is 2.07. The van der Waals surface area contributed by atoms with Crippen LogP contribution in [-0.2, 0) is 20.0 Å². The van der Waals surface area contributed by atoms with Crippen molar-refractivity contribution in [1.82, 2.24) is 9.21 Å². The van der Waals surface area contributed by atoms with Gasteiger partial charge in [-0.05, 0) is 12.1 Å². The molecule has 2 aliphatic rings. The second kappa shape index (κ2) is 5.28. The van der Waals surface area contributed by atoms with Gasteiger partial charge in [-0.3, -0.25) is 9.21 Å². The fourth-order valence-electron chi connectivity index (χ4n) is 2.57. The van der Waals surface area contributed by atoms with Gasteiger partial charge in [0.25, 0.3) is 10.0 Å². The highest BCUT2D eigenvalue weighted by atomic mass is 32.3. The van der Waals surface area contributed by atoms with Gasteiger partial charge in [-0.15, -0.1) is 11.3 Å². The van der Waals surface area contributed by atoms with E-state index in [1.54, 1.807) is 6.08 Å². The topological polar surface area (TPSA) is 121 Å². The van der Waals surface area contributed by atoms with Gasteiger partial charge in [0.05, 0.1) is 6.61 Å². The first-order valence-corrected chi connectivity index (χ1v) is 10.3. The van der Waals surface area contributed by atoms with Crippen molar-refractivity contribution in [3.8, 4) is 0 Å². The lowest BCUT2D eigenvalue weighted by atomic mass is 10.2. The largest absolute Gasteiger partial charge is 0.395 e. The third-order valence-electron chi connectivity index (χ3n) is 3.57. The van der Waals surface area contributed by atoms with E-state index in [4.69, 9.17) is 10.2 Å². The summed E-state index contributed by atoms with van der Waals surface area (Å²) in [7, 11) is -7.68. The molecule has 122 valence electrons. The molecule has 0 saturated carbocycles. The summed E-state index contributed by atoms with van der Waals surface area (Å²) in [5.74, 6) is 0. The van der Waals surface area contributed by atoms with E-state index in [9.17, 15) is 16.8 Å². The SMILES string of the molecule is NS(=O)(=O)c1cc2c(s1)S(=O)(=O)N1CCN(CCO)CC1=C2. The molecule has 0 spiro atoms. The summed E-state index contributed by atoms with van der Waals surface area (Å²) in [4.78, 5) is 1.94. The molecule has 0 bridgehead atoms. The van der Waals surface area contributed by atoms with Crippen LogP contribution in [-0.4, -0.2) is 63.9 Å². The molecule has 0 aromatic carbocycles. The van der Waals surface area contributed by atoms with Crippen LogP contribution < -0.4 is 5.14 Å². The molecule has 1 fully saturated rings. The monoisotopic (exact) mass is 365 g/mol. The minimum Gasteiger partial charge on any atom is -0.395 e. The predicted octanol–water partition coefficient (Wildman–Crippen LogP) is -0.951. The van der Waals surface area contributed by atoms with E-state index in [2.05, 4.69) is 0 Å². The maximum Gasteiger partial charge on any atom is 0.274 e. The van der Waals surface area contributed by atoms with Gasteiger partial charge in [-0.25, -0.2) is 22.0 Å². The average molecular weight is 365 g/mol. The number of nitrogens with zero attached hydrogens (tertiary/aromatic N) is 2. The highest BCUT2D eigenvalue weighted by Crippen LogP contribution is 2.39. The van der Waals surface area contributed by atoms with E-state index in [-0.39, 0.29) is 21.6 Å². The Hall–Kier alpha value is -0.980. The van der Waals surface area contributed by atoms with Gasteiger partial charge in [0.1, 0.15) is 8.42 Å². The number of hydrogen-bond donors (Lipinski definition) is 2. The van der Waals surface area contributed by atoms with Gasteiger partial charge in [0.2, 0.25) is 10.0 Å². The van der Waals surface area contributed by atoms with E-state index in [1.807, 2.05) is 4.90 Å². The maximum atomic E-state index is 12.6. The number of nitrogens with two attached hydrogens (primary N) is 1. The van der Waals surface area contributed by atoms with Crippen molar-refractivity contribution in [1.29, 1.82) is 0 Å². The summed E-state index contributed by atoms with van der Waals surface area (Å²) in [6.45, 7) is 1.64. The summed E-state index contributed by atoms with van der Waals surface area (Å²) in [5.41, 5.74) is 0.928. The highest BCUT2D eigenvalue weighted by molar-refractivity contribution is 7.94. The van der Waals surface area contributed by atoms with Crippen molar-refractivity contribution < 1.29 is 21.9 Å². The molecular formula is C11H15N3O5S3. The zero-order valence-electron chi connectivity index (χ0n) is 11.5. The molecular weight excluding hydrogens is 350 g/mol. The van der Waals surface area contributed by atoms with Crippen LogP contribution in [0.25, 0.3) is 6.08 Å². The Bertz CT molecular complexity index is 840. The first kappa shape index (κ1) is 15.9. The molecule has 0 amide bonds.